The van der Waals surface area contributed by atoms with Crippen LogP contribution in [0.15, 0.2) is 66.4 Å². The standard InChI is InChI=1S/C18H14N6OS/c25-17(16-12-26-18(21-16)13-4-2-1-3-5-13)20-10-14-11-24(23-22-14)15-6-8-19-9-7-15/h1-9,11-12H,10H2,(H,20,25). The van der Waals surface area contributed by atoms with E-state index in [2.05, 4.69) is 25.6 Å². The van der Waals surface area contributed by atoms with E-state index in [1.165, 1.54) is 11.3 Å². The second kappa shape index (κ2) is 7.24. The third kappa shape index (κ3) is 3.50. The molecular formula is C18H14N6OS. The molecule has 0 saturated carbocycles. The van der Waals surface area contributed by atoms with Crippen molar-refractivity contribution in [3.63, 3.8) is 0 Å². The fourth-order valence-electron chi connectivity index (χ4n) is 2.36. The maximum Gasteiger partial charge on any atom is 0.271 e. The highest BCUT2D eigenvalue weighted by Gasteiger charge is 2.12. The Morgan fingerprint density at radius 3 is 2.73 bits per heavy atom. The quantitative estimate of drug-likeness (QED) is 0.590. The predicted octanol–water partition coefficient (Wildman–Crippen LogP) is 2.72. The van der Waals surface area contributed by atoms with Gasteiger partial charge in [-0.25, -0.2) is 9.67 Å². The van der Waals surface area contributed by atoms with Gasteiger partial charge in [0.25, 0.3) is 5.91 Å². The van der Waals surface area contributed by atoms with E-state index < -0.39 is 0 Å². The van der Waals surface area contributed by atoms with E-state index in [-0.39, 0.29) is 12.5 Å². The Labute approximate surface area is 153 Å². The normalized spacial score (nSPS) is 10.6. The van der Waals surface area contributed by atoms with Gasteiger partial charge in [0.15, 0.2) is 0 Å². The summed E-state index contributed by atoms with van der Waals surface area (Å²) >= 11 is 1.44. The molecule has 0 aliphatic carbocycles. The van der Waals surface area contributed by atoms with Crippen molar-refractivity contribution in [1.29, 1.82) is 0 Å². The minimum atomic E-state index is -0.234. The van der Waals surface area contributed by atoms with E-state index in [1.807, 2.05) is 42.5 Å². The largest absolute Gasteiger partial charge is 0.345 e. The number of nitrogens with zero attached hydrogens (tertiary/aromatic N) is 5. The highest BCUT2D eigenvalue weighted by atomic mass is 32.1. The summed E-state index contributed by atoms with van der Waals surface area (Å²) in [6.45, 7) is 0.280. The third-order valence-electron chi connectivity index (χ3n) is 3.66. The summed E-state index contributed by atoms with van der Waals surface area (Å²) in [5.74, 6) is -0.234. The molecule has 0 saturated heterocycles. The fraction of sp³-hybridized carbons (Fsp3) is 0.0556. The van der Waals surface area contributed by atoms with Gasteiger partial charge in [-0.3, -0.25) is 9.78 Å². The van der Waals surface area contributed by atoms with Crippen molar-refractivity contribution in [2.75, 3.05) is 0 Å². The van der Waals surface area contributed by atoms with Gasteiger partial charge in [-0.2, -0.15) is 0 Å². The Kier molecular flexibility index (Phi) is 4.48. The van der Waals surface area contributed by atoms with E-state index in [1.54, 1.807) is 28.7 Å². The lowest BCUT2D eigenvalue weighted by Crippen LogP contribution is -2.23. The number of hydrogen-bond donors (Lipinski definition) is 1. The van der Waals surface area contributed by atoms with E-state index in [0.29, 0.717) is 11.4 Å². The number of carbonyl (C=O) groups excluding carboxylic acids is 1. The second-order valence-electron chi connectivity index (χ2n) is 5.45. The van der Waals surface area contributed by atoms with Gasteiger partial charge >= 0.3 is 0 Å². The molecule has 0 spiro atoms. The molecule has 0 unspecified atom stereocenters. The van der Waals surface area contributed by atoms with E-state index in [4.69, 9.17) is 0 Å². The van der Waals surface area contributed by atoms with Crippen LogP contribution in [0, 0.1) is 0 Å². The van der Waals surface area contributed by atoms with Crippen LogP contribution in [0.2, 0.25) is 0 Å². The number of pyridine rings is 1. The molecule has 0 fully saturated rings. The van der Waals surface area contributed by atoms with Crippen molar-refractivity contribution >= 4 is 17.2 Å². The molecule has 4 rings (SSSR count). The molecule has 0 aliphatic heterocycles. The monoisotopic (exact) mass is 362 g/mol. The zero-order chi connectivity index (χ0) is 17.8. The van der Waals surface area contributed by atoms with Crippen LogP contribution in [0.5, 0.6) is 0 Å². The Morgan fingerprint density at radius 1 is 1.12 bits per heavy atom. The Balaban J connectivity index is 1.40. The molecular weight excluding hydrogens is 348 g/mol. The van der Waals surface area contributed by atoms with Crippen molar-refractivity contribution in [2.24, 2.45) is 0 Å². The van der Waals surface area contributed by atoms with Gasteiger partial charge < -0.3 is 5.32 Å². The molecule has 0 radical (unpaired) electrons. The zero-order valence-corrected chi connectivity index (χ0v) is 14.4. The summed E-state index contributed by atoms with van der Waals surface area (Å²) in [6.07, 6.45) is 5.14. The lowest BCUT2D eigenvalue weighted by molar-refractivity contribution is 0.0946. The summed E-state index contributed by atoms with van der Waals surface area (Å²) in [6, 6.07) is 13.4. The fourth-order valence-corrected chi connectivity index (χ4v) is 3.16. The number of benzene rings is 1. The van der Waals surface area contributed by atoms with Gasteiger partial charge in [0.2, 0.25) is 0 Å². The number of aromatic nitrogens is 5. The van der Waals surface area contributed by atoms with Crippen LogP contribution in [-0.4, -0.2) is 30.9 Å². The first-order valence-corrected chi connectivity index (χ1v) is 8.78. The summed E-state index contributed by atoms with van der Waals surface area (Å²) < 4.78 is 1.64. The summed E-state index contributed by atoms with van der Waals surface area (Å²) in [4.78, 5) is 20.7. The number of hydrogen-bond acceptors (Lipinski definition) is 6. The maximum atomic E-state index is 12.3. The first-order valence-electron chi connectivity index (χ1n) is 7.90. The molecule has 0 aliphatic rings. The SMILES string of the molecule is O=C(NCc1cn(-c2ccncc2)nn1)c1csc(-c2ccccc2)n1. The first kappa shape index (κ1) is 16.1. The molecule has 7 nitrogen and oxygen atoms in total. The minimum Gasteiger partial charge on any atom is -0.345 e. The maximum absolute atomic E-state index is 12.3. The summed E-state index contributed by atoms with van der Waals surface area (Å²) in [5.41, 5.74) is 2.91. The van der Waals surface area contributed by atoms with E-state index in [0.717, 1.165) is 16.3 Å². The zero-order valence-electron chi connectivity index (χ0n) is 13.6. The third-order valence-corrected chi connectivity index (χ3v) is 4.55. The Morgan fingerprint density at radius 2 is 1.92 bits per heavy atom. The molecule has 3 heterocycles. The molecule has 3 aromatic heterocycles. The molecule has 1 aromatic carbocycles. The molecule has 4 aromatic rings. The second-order valence-corrected chi connectivity index (χ2v) is 6.30. The Hall–Kier alpha value is -3.39. The molecule has 8 heteroatoms. The summed E-state index contributed by atoms with van der Waals surface area (Å²) in [5, 5.41) is 13.5. The average molecular weight is 362 g/mol. The molecule has 26 heavy (non-hydrogen) atoms. The molecule has 0 atom stereocenters. The summed E-state index contributed by atoms with van der Waals surface area (Å²) in [7, 11) is 0. The molecule has 1 amide bonds. The van der Waals surface area contributed by atoms with Crippen LogP contribution >= 0.6 is 11.3 Å². The average Bonchev–Trinajstić information content (AvgIpc) is 3.37. The molecule has 1 N–H and O–H groups in total. The lowest BCUT2D eigenvalue weighted by Gasteiger charge is -2.00. The van der Waals surface area contributed by atoms with Crippen LogP contribution in [0.25, 0.3) is 16.3 Å². The number of amides is 1. The van der Waals surface area contributed by atoms with Crippen LogP contribution in [-0.2, 0) is 6.54 Å². The minimum absolute atomic E-state index is 0.234. The van der Waals surface area contributed by atoms with Gasteiger partial charge in [0, 0.05) is 23.3 Å². The Bertz CT molecular complexity index is 1010. The van der Waals surface area contributed by atoms with Crippen molar-refractivity contribution in [1.82, 2.24) is 30.3 Å². The smallest absolute Gasteiger partial charge is 0.271 e. The molecule has 128 valence electrons. The number of carbonyl (C=O) groups is 1. The van der Waals surface area contributed by atoms with Gasteiger partial charge in [0.05, 0.1) is 18.4 Å². The van der Waals surface area contributed by atoms with Gasteiger partial charge in [0.1, 0.15) is 16.4 Å². The van der Waals surface area contributed by atoms with Crippen molar-refractivity contribution < 1.29 is 4.79 Å². The van der Waals surface area contributed by atoms with Gasteiger partial charge in [-0.15, -0.1) is 16.4 Å². The van der Waals surface area contributed by atoms with Crippen molar-refractivity contribution in [3.05, 3.63) is 77.8 Å². The lowest BCUT2D eigenvalue weighted by atomic mass is 10.2. The van der Waals surface area contributed by atoms with Gasteiger partial charge in [-0.1, -0.05) is 35.5 Å². The topological polar surface area (TPSA) is 85.6 Å². The van der Waals surface area contributed by atoms with E-state index in [9.17, 15) is 4.79 Å². The number of rotatable bonds is 5. The van der Waals surface area contributed by atoms with Crippen molar-refractivity contribution in [3.8, 4) is 16.3 Å². The highest BCUT2D eigenvalue weighted by molar-refractivity contribution is 7.13. The van der Waals surface area contributed by atoms with Crippen LogP contribution in [0.1, 0.15) is 16.2 Å². The van der Waals surface area contributed by atoms with Crippen LogP contribution in [0.4, 0.5) is 0 Å². The van der Waals surface area contributed by atoms with Crippen LogP contribution in [0.3, 0.4) is 0 Å². The van der Waals surface area contributed by atoms with Gasteiger partial charge in [-0.05, 0) is 12.1 Å². The molecule has 0 bridgehead atoms. The van der Waals surface area contributed by atoms with Crippen LogP contribution < -0.4 is 5.32 Å². The number of nitrogens with one attached hydrogen (secondary N) is 1. The van der Waals surface area contributed by atoms with E-state index >= 15 is 0 Å². The van der Waals surface area contributed by atoms with Crippen molar-refractivity contribution in [2.45, 2.75) is 6.54 Å². The number of thiazole rings is 1. The predicted molar refractivity (Wildman–Crippen MR) is 97.9 cm³/mol. The first-order chi connectivity index (χ1) is 12.8. The highest BCUT2D eigenvalue weighted by Crippen LogP contribution is 2.23.